The molecule has 2 heterocycles. The highest BCUT2D eigenvalue weighted by atomic mass is 19.4. The lowest BCUT2D eigenvalue weighted by Crippen LogP contribution is -2.17. The monoisotopic (exact) mass is 377 g/mol. The molecule has 3 rings (SSSR count). The maximum atomic E-state index is 13.1. The maximum Gasteiger partial charge on any atom is 0.417 e. The number of ether oxygens (including phenoxy) is 1. The van der Waals surface area contributed by atoms with Crippen molar-refractivity contribution in [3.05, 3.63) is 59.5 Å². The molecule has 142 valence electrons. The number of alkyl halides is 3. The SMILES string of the molecule is CCCc1nc2ccc(C(F)(F)F)cn2c1C(=O)Nc1ccccc1OC. The lowest BCUT2D eigenvalue weighted by atomic mass is 10.2. The maximum absolute atomic E-state index is 13.1. The lowest BCUT2D eigenvalue weighted by molar-refractivity contribution is -0.137. The van der Waals surface area contributed by atoms with Crippen LogP contribution in [0.1, 0.15) is 35.1 Å². The van der Waals surface area contributed by atoms with Crippen molar-refractivity contribution in [3.63, 3.8) is 0 Å². The van der Waals surface area contributed by atoms with Crippen LogP contribution in [0.25, 0.3) is 5.65 Å². The quantitative estimate of drug-likeness (QED) is 0.709. The third-order valence-electron chi connectivity index (χ3n) is 4.08. The van der Waals surface area contributed by atoms with Crippen LogP contribution in [0, 0.1) is 0 Å². The molecule has 27 heavy (non-hydrogen) atoms. The van der Waals surface area contributed by atoms with Gasteiger partial charge in [0.1, 0.15) is 17.1 Å². The number of hydrogen-bond acceptors (Lipinski definition) is 3. The number of pyridine rings is 1. The molecule has 0 bridgehead atoms. The number of amides is 1. The number of methoxy groups -OCH3 is 1. The number of carbonyl (C=O) groups is 1. The smallest absolute Gasteiger partial charge is 0.417 e. The number of benzene rings is 1. The van der Waals surface area contributed by atoms with Gasteiger partial charge in [-0.2, -0.15) is 13.2 Å². The number of halogens is 3. The van der Waals surface area contributed by atoms with Crippen molar-refractivity contribution in [2.24, 2.45) is 0 Å². The molecular weight excluding hydrogens is 359 g/mol. The van der Waals surface area contributed by atoms with Crippen molar-refractivity contribution in [1.29, 1.82) is 0 Å². The molecule has 0 aliphatic rings. The number of para-hydroxylation sites is 2. The number of imidazole rings is 1. The molecule has 0 saturated carbocycles. The lowest BCUT2D eigenvalue weighted by Gasteiger charge is -2.11. The zero-order valence-corrected chi connectivity index (χ0v) is 14.8. The van der Waals surface area contributed by atoms with E-state index in [2.05, 4.69) is 10.3 Å². The Bertz CT molecular complexity index is 980. The number of fused-ring (bicyclic) bond motifs is 1. The summed E-state index contributed by atoms with van der Waals surface area (Å²) in [5.74, 6) is -0.0949. The third kappa shape index (κ3) is 3.74. The van der Waals surface area contributed by atoms with Crippen molar-refractivity contribution < 1.29 is 22.7 Å². The van der Waals surface area contributed by atoms with Crippen molar-refractivity contribution in [2.75, 3.05) is 12.4 Å². The summed E-state index contributed by atoms with van der Waals surface area (Å²) in [5, 5.41) is 2.71. The number of nitrogens with zero attached hydrogens (tertiary/aromatic N) is 2. The molecule has 0 aliphatic carbocycles. The highest BCUT2D eigenvalue weighted by Crippen LogP contribution is 2.30. The fourth-order valence-electron chi connectivity index (χ4n) is 2.84. The van der Waals surface area contributed by atoms with Crippen LogP contribution in [-0.2, 0) is 12.6 Å². The van der Waals surface area contributed by atoms with Crippen molar-refractivity contribution >= 4 is 17.2 Å². The molecule has 1 aromatic carbocycles. The Morgan fingerprint density at radius 3 is 2.63 bits per heavy atom. The first kappa shape index (κ1) is 18.8. The van der Waals surface area contributed by atoms with Crippen LogP contribution in [0.3, 0.4) is 0 Å². The number of carbonyl (C=O) groups excluding carboxylic acids is 1. The minimum absolute atomic E-state index is 0.0869. The Balaban J connectivity index is 2.09. The van der Waals surface area contributed by atoms with Gasteiger partial charge < -0.3 is 10.1 Å². The second-order valence-corrected chi connectivity index (χ2v) is 5.96. The van der Waals surface area contributed by atoms with Crippen molar-refractivity contribution in [3.8, 4) is 5.75 Å². The molecular formula is C19H18F3N3O2. The van der Waals surface area contributed by atoms with Gasteiger partial charge >= 0.3 is 6.18 Å². The van der Waals surface area contributed by atoms with Gasteiger partial charge in [0.25, 0.3) is 5.91 Å². The summed E-state index contributed by atoms with van der Waals surface area (Å²) < 4.78 is 45.7. The summed E-state index contributed by atoms with van der Waals surface area (Å²) in [5.41, 5.74) is 0.404. The second-order valence-electron chi connectivity index (χ2n) is 5.96. The molecule has 0 aliphatic heterocycles. The number of aryl methyl sites for hydroxylation is 1. The van der Waals surface area contributed by atoms with Crippen LogP contribution in [0.15, 0.2) is 42.6 Å². The van der Waals surface area contributed by atoms with Gasteiger partial charge in [-0.05, 0) is 30.7 Å². The normalized spacial score (nSPS) is 11.6. The van der Waals surface area contributed by atoms with E-state index in [1.807, 2.05) is 6.92 Å². The molecule has 0 spiro atoms. The summed E-state index contributed by atoms with van der Waals surface area (Å²) in [6, 6.07) is 9.03. The number of hydrogen-bond donors (Lipinski definition) is 1. The molecule has 0 atom stereocenters. The second kappa shape index (κ2) is 7.30. The molecule has 8 heteroatoms. The average molecular weight is 377 g/mol. The molecule has 0 fully saturated rings. The highest BCUT2D eigenvalue weighted by Gasteiger charge is 2.32. The molecule has 5 nitrogen and oxygen atoms in total. The van der Waals surface area contributed by atoms with E-state index in [0.29, 0.717) is 30.0 Å². The molecule has 1 N–H and O–H groups in total. The van der Waals surface area contributed by atoms with Crippen LogP contribution in [0.2, 0.25) is 0 Å². The van der Waals surface area contributed by atoms with Gasteiger partial charge in [0.05, 0.1) is 24.1 Å². The summed E-state index contributed by atoms with van der Waals surface area (Å²) in [6.45, 7) is 1.91. The van der Waals surface area contributed by atoms with Gasteiger partial charge in [-0.15, -0.1) is 0 Å². The van der Waals surface area contributed by atoms with Gasteiger partial charge in [-0.3, -0.25) is 9.20 Å². The fourth-order valence-corrected chi connectivity index (χ4v) is 2.84. The zero-order valence-electron chi connectivity index (χ0n) is 14.8. The van der Waals surface area contributed by atoms with Gasteiger partial charge in [-0.25, -0.2) is 4.98 Å². The predicted octanol–water partition coefficient (Wildman–Crippen LogP) is 4.57. The fraction of sp³-hybridized carbons (Fsp3) is 0.263. The highest BCUT2D eigenvalue weighted by molar-refractivity contribution is 6.05. The first-order chi connectivity index (χ1) is 12.8. The summed E-state index contributed by atoms with van der Waals surface area (Å²) in [4.78, 5) is 17.2. The Kier molecular flexibility index (Phi) is 5.07. The van der Waals surface area contributed by atoms with Gasteiger partial charge in [0.2, 0.25) is 0 Å². The minimum atomic E-state index is -4.51. The van der Waals surface area contributed by atoms with Crippen LogP contribution < -0.4 is 10.1 Å². The van der Waals surface area contributed by atoms with Gasteiger partial charge in [0.15, 0.2) is 0 Å². The van der Waals surface area contributed by atoms with E-state index in [-0.39, 0.29) is 11.3 Å². The Morgan fingerprint density at radius 1 is 1.22 bits per heavy atom. The van der Waals surface area contributed by atoms with Crippen molar-refractivity contribution in [1.82, 2.24) is 9.38 Å². The van der Waals surface area contributed by atoms with E-state index < -0.39 is 17.6 Å². The number of aromatic nitrogens is 2. The summed E-state index contributed by atoms with van der Waals surface area (Å²) >= 11 is 0. The molecule has 3 aromatic rings. The van der Waals surface area contributed by atoms with Crippen LogP contribution in [0.5, 0.6) is 5.75 Å². The minimum Gasteiger partial charge on any atom is -0.495 e. The van der Waals surface area contributed by atoms with E-state index in [1.165, 1.54) is 17.6 Å². The number of rotatable bonds is 5. The van der Waals surface area contributed by atoms with E-state index in [4.69, 9.17) is 4.74 Å². The Hall–Kier alpha value is -3.03. The topological polar surface area (TPSA) is 55.6 Å². The van der Waals surface area contributed by atoms with Crippen molar-refractivity contribution in [2.45, 2.75) is 25.9 Å². The summed E-state index contributed by atoms with van der Waals surface area (Å²) in [6.07, 6.45) is -2.44. The number of nitrogens with one attached hydrogen (secondary N) is 1. The molecule has 1 amide bonds. The third-order valence-corrected chi connectivity index (χ3v) is 4.08. The largest absolute Gasteiger partial charge is 0.495 e. The Morgan fingerprint density at radius 2 is 1.96 bits per heavy atom. The molecule has 0 saturated heterocycles. The van der Waals surface area contributed by atoms with Gasteiger partial charge in [0, 0.05) is 6.20 Å². The molecule has 0 radical (unpaired) electrons. The molecule has 0 unspecified atom stereocenters. The van der Waals surface area contributed by atoms with E-state index in [1.54, 1.807) is 24.3 Å². The number of anilines is 1. The van der Waals surface area contributed by atoms with Crippen LogP contribution >= 0.6 is 0 Å². The van der Waals surface area contributed by atoms with Gasteiger partial charge in [-0.1, -0.05) is 25.5 Å². The average Bonchev–Trinajstić information content (AvgIpc) is 2.99. The molecule has 2 aromatic heterocycles. The van der Waals surface area contributed by atoms with Crippen LogP contribution in [-0.4, -0.2) is 22.4 Å². The Labute approximate surface area is 153 Å². The zero-order chi connectivity index (χ0) is 19.6. The summed E-state index contributed by atoms with van der Waals surface area (Å²) in [7, 11) is 1.47. The first-order valence-corrected chi connectivity index (χ1v) is 8.37. The van der Waals surface area contributed by atoms with E-state index >= 15 is 0 Å². The first-order valence-electron chi connectivity index (χ1n) is 8.37. The van der Waals surface area contributed by atoms with E-state index in [9.17, 15) is 18.0 Å². The van der Waals surface area contributed by atoms with E-state index in [0.717, 1.165) is 12.3 Å². The predicted molar refractivity (Wildman–Crippen MR) is 95.1 cm³/mol. The van der Waals surface area contributed by atoms with Crippen LogP contribution in [0.4, 0.5) is 18.9 Å². The standard InChI is InChI=1S/C19H18F3N3O2/c1-3-6-14-17(18(26)24-13-7-4-5-8-15(13)27-2)25-11-12(19(20,21)22)9-10-16(25)23-14/h4-5,7-11H,3,6H2,1-2H3,(H,24,26).